The summed E-state index contributed by atoms with van der Waals surface area (Å²) in [5.74, 6) is -0.901. The largest absolute Gasteiger partial charge is 0.508 e. The van der Waals surface area contributed by atoms with Gasteiger partial charge in [0.15, 0.2) is 0 Å². The molecule has 40 heavy (non-hydrogen) atoms. The van der Waals surface area contributed by atoms with Gasteiger partial charge in [0, 0.05) is 19.8 Å². The van der Waals surface area contributed by atoms with Gasteiger partial charge in [0.05, 0.1) is 39.6 Å². The van der Waals surface area contributed by atoms with Crippen LogP contribution in [0.5, 0.6) is 0 Å². The summed E-state index contributed by atoms with van der Waals surface area (Å²) >= 11 is 0. The van der Waals surface area contributed by atoms with E-state index in [1.165, 1.54) is 14.0 Å². The standard InChI is InChI=1S/C25H49N3O11P/c1-6-9-11-16-33-24(30)35-18-13-20-37-40(32,27-23(26)28(5,15-8-3)39-22(4)29)38-21-14-19-36-25(31)34-17-12-10-7-2/h6-21H2,1-5H3,(H2,26,27,32)/q+1. The lowest BCUT2D eigenvalue weighted by Crippen LogP contribution is -2.54. The Morgan fingerprint density at radius 2 is 1.12 bits per heavy atom. The van der Waals surface area contributed by atoms with Gasteiger partial charge in [-0.2, -0.15) is 0 Å². The first-order chi connectivity index (χ1) is 19.0. The van der Waals surface area contributed by atoms with Crippen molar-refractivity contribution in [3.63, 3.8) is 0 Å². The number of carbonyl (C=O) groups is 3. The third-order valence-electron chi connectivity index (χ3n) is 5.15. The van der Waals surface area contributed by atoms with Crippen molar-refractivity contribution in [2.75, 3.05) is 53.2 Å². The molecule has 0 rings (SSSR count). The number of unbranched alkanes of at least 4 members (excludes halogenated alkanes) is 4. The van der Waals surface area contributed by atoms with Crippen LogP contribution >= 0.6 is 7.75 Å². The van der Waals surface area contributed by atoms with E-state index in [-0.39, 0.29) is 65.0 Å². The van der Waals surface area contributed by atoms with Crippen molar-refractivity contribution in [3.05, 3.63) is 0 Å². The first-order valence-electron chi connectivity index (χ1n) is 13.9. The normalized spacial score (nSPS) is 13.3. The molecule has 0 aliphatic rings. The van der Waals surface area contributed by atoms with E-state index < -0.39 is 30.7 Å². The summed E-state index contributed by atoms with van der Waals surface area (Å²) in [7, 11) is -2.71. The zero-order valence-corrected chi connectivity index (χ0v) is 25.6. The van der Waals surface area contributed by atoms with Gasteiger partial charge < -0.3 is 24.7 Å². The quantitative estimate of drug-likeness (QED) is 0.0347. The minimum atomic E-state index is -4.20. The highest BCUT2D eigenvalue weighted by Crippen LogP contribution is 2.50. The van der Waals surface area contributed by atoms with Crippen LogP contribution in [0, 0.1) is 0 Å². The molecule has 0 amide bonds. The van der Waals surface area contributed by atoms with Crippen molar-refractivity contribution < 1.29 is 56.4 Å². The summed E-state index contributed by atoms with van der Waals surface area (Å²) in [5.41, 5.74) is 6.09. The predicted molar refractivity (Wildman–Crippen MR) is 147 cm³/mol. The molecule has 2 N–H and O–H groups in total. The van der Waals surface area contributed by atoms with Gasteiger partial charge in [0.1, 0.15) is 13.6 Å². The Kier molecular flexibility index (Phi) is 21.0. The molecule has 0 bridgehead atoms. The fourth-order valence-corrected chi connectivity index (χ4v) is 4.47. The van der Waals surface area contributed by atoms with Gasteiger partial charge in [-0.25, -0.2) is 18.9 Å². The first kappa shape index (κ1) is 37.6. The van der Waals surface area contributed by atoms with E-state index in [4.69, 9.17) is 38.6 Å². The zero-order valence-electron chi connectivity index (χ0n) is 24.7. The van der Waals surface area contributed by atoms with E-state index in [1.54, 1.807) is 0 Å². The number of ether oxygens (including phenoxy) is 4. The van der Waals surface area contributed by atoms with E-state index in [1.807, 2.05) is 20.8 Å². The molecule has 1 unspecified atom stereocenters. The summed E-state index contributed by atoms with van der Waals surface area (Å²) < 4.78 is 47.6. The Labute approximate surface area is 237 Å². The van der Waals surface area contributed by atoms with Crippen LogP contribution in [-0.4, -0.2) is 82.1 Å². The van der Waals surface area contributed by atoms with Crippen molar-refractivity contribution in [2.24, 2.45) is 10.5 Å². The first-order valence-corrected chi connectivity index (χ1v) is 15.4. The third kappa shape index (κ3) is 18.8. The average Bonchev–Trinajstić information content (AvgIpc) is 2.88. The van der Waals surface area contributed by atoms with Crippen LogP contribution in [0.25, 0.3) is 0 Å². The Morgan fingerprint density at radius 1 is 0.700 bits per heavy atom. The molecule has 0 spiro atoms. The Morgan fingerprint density at radius 3 is 1.50 bits per heavy atom. The number of hydrogen-bond donors (Lipinski definition) is 1. The predicted octanol–water partition coefficient (Wildman–Crippen LogP) is 5.24. The SMILES string of the molecule is CCCCCOC(=O)OCCCOP(=O)(N=C(N)[N+](C)(CCC)OC(C)=O)OCCCOC(=O)OCCCCC. The second-order valence-electron chi connectivity index (χ2n) is 9.02. The topological polar surface area (TPSA) is 171 Å². The van der Waals surface area contributed by atoms with E-state index in [2.05, 4.69) is 4.76 Å². The number of quaternary nitrogens is 1. The fourth-order valence-electron chi connectivity index (χ4n) is 3.12. The number of hydrogen-bond acceptors (Lipinski definition) is 11. The molecule has 0 saturated carbocycles. The molecule has 1 atom stereocenters. The van der Waals surface area contributed by atoms with Crippen molar-refractivity contribution in [1.29, 1.82) is 0 Å². The van der Waals surface area contributed by atoms with Gasteiger partial charge in [0.25, 0.3) is 0 Å². The molecular weight excluding hydrogens is 549 g/mol. The maximum Gasteiger partial charge on any atom is 0.508 e. The van der Waals surface area contributed by atoms with Crippen LogP contribution in [0.1, 0.15) is 85.5 Å². The lowest BCUT2D eigenvalue weighted by atomic mass is 10.3. The number of nitrogens with zero attached hydrogens (tertiary/aromatic N) is 2. The van der Waals surface area contributed by atoms with E-state index >= 15 is 0 Å². The van der Waals surface area contributed by atoms with Crippen molar-refractivity contribution >= 4 is 32.0 Å². The van der Waals surface area contributed by atoms with Gasteiger partial charge in [-0.15, -0.1) is 4.76 Å². The van der Waals surface area contributed by atoms with Crippen LogP contribution in [0.15, 0.2) is 4.76 Å². The summed E-state index contributed by atoms with van der Waals surface area (Å²) in [6.07, 6.45) is 4.73. The summed E-state index contributed by atoms with van der Waals surface area (Å²) in [6, 6.07) is 0. The molecule has 234 valence electrons. The highest BCUT2D eigenvalue weighted by atomic mass is 31.2. The molecule has 0 radical (unpaired) electrons. The summed E-state index contributed by atoms with van der Waals surface area (Å²) in [5, 5.41) is 0. The van der Waals surface area contributed by atoms with Crippen LogP contribution in [-0.2, 0) is 42.2 Å². The Balaban J connectivity index is 5.02. The number of hydroxylamine groups is 3. The highest BCUT2D eigenvalue weighted by Gasteiger charge is 2.36. The molecule has 0 aliphatic carbocycles. The molecular formula is C25H49N3O11P+. The second kappa shape index (κ2) is 22.3. The molecule has 0 aromatic heterocycles. The summed E-state index contributed by atoms with van der Waals surface area (Å²) in [6.45, 7) is 7.57. The Hall–Kier alpha value is -2.41. The minimum Gasteiger partial charge on any atom is -0.434 e. The molecule has 0 fully saturated rings. The molecule has 0 aromatic carbocycles. The monoisotopic (exact) mass is 598 g/mol. The van der Waals surface area contributed by atoms with Crippen molar-refractivity contribution in [2.45, 2.75) is 85.5 Å². The van der Waals surface area contributed by atoms with E-state index in [0.717, 1.165) is 38.5 Å². The molecule has 14 nitrogen and oxygen atoms in total. The summed E-state index contributed by atoms with van der Waals surface area (Å²) in [4.78, 5) is 40.1. The molecule has 0 aliphatic heterocycles. The molecule has 0 heterocycles. The second-order valence-corrected chi connectivity index (χ2v) is 10.7. The number of rotatable bonds is 21. The van der Waals surface area contributed by atoms with E-state index in [0.29, 0.717) is 6.42 Å². The number of guanidine groups is 1. The van der Waals surface area contributed by atoms with Gasteiger partial charge >= 0.3 is 32.0 Å². The maximum atomic E-state index is 13.4. The molecule has 0 saturated heterocycles. The van der Waals surface area contributed by atoms with Crippen LogP contribution in [0.2, 0.25) is 0 Å². The van der Waals surface area contributed by atoms with E-state index in [9.17, 15) is 18.9 Å². The zero-order chi connectivity index (χ0) is 30.3. The highest BCUT2D eigenvalue weighted by molar-refractivity contribution is 7.52. The molecule has 0 aromatic rings. The van der Waals surface area contributed by atoms with Crippen molar-refractivity contribution in [1.82, 2.24) is 0 Å². The molecule has 15 heteroatoms. The maximum absolute atomic E-state index is 13.4. The number of carbonyl (C=O) groups excluding carboxylic acids is 3. The van der Waals surface area contributed by atoms with Crippen LogP contribution in [0.3, 0.4) is 0 Å². The van der Waals surface area contributed by atoms with Gasteiger partial charge in [0.2, 0.25) is 0 Å². The van der Waals surface area contributed by atoms with Crippen LogP contribution < -0.4 is 5.73 Å². The van der Waals surface area contributed by atoms with Crippen LogP contribution in [0.4, 0.5) is 9.59 Å². The lowest BCUT2D eigenvalue weighted by Gasteiger charge is -2.28. The van der Waals surface area contributed by atoms with Gasteiger partial charge in [-0.05, 0) is 19.3 Å². The minimum absolute atomic E-state index is 0.0446. The smallest absolute Gasteiger partial charge is 0.434 e. The van der Waals surface area contributed by atoms with Gasteiger partial charge in [-0.3, -0.25) is 13.9 Å². The Bertz CT molecular complexity index is 775. The average molecular weight is 599 g/mol. The lowest BCUT2D eigenvalue weighted by molar-refractivity contribution is -1.00. The number of nitrogens with two attached hydrogens (primary N) is 1. The van der Waals surface area contributed by atoms with Crippen molar-refractivity contribution in [3.8, 4) is 0 Å². The van der Waals surface area contributed by atoms with Gasteiger partial charge in [-0.1, -0.05) is 51.1 Å². The fraction of sp³-hybridized carbons (Fsp3) is 0.840. The third-order valence-corrected chi connectivity index (χ3v) is 6.62.